The normalized spacial score (nSPS) is 13.3. The summed E-state index contributed by atoms with van der Waals surface area (Å²) in [5.74, 6) is 2.01. The van der Waals surface area contributed by atoms with E-state index >= 15 is 0 Å². The highest BCUT2D eigenvalue weighted by molar-refractivity contribution is 6.11. The van der Waals surface area contributed by atoms with Gasteiger partial charge in [-0.15, -0.1) is 0 Å². The average Bonchev–Trinajstić information content (AvgIpc) is 3.32. The maximum atomic E-state index is 5.15. The fraction of sp³-hybridized carbons (Fsp3) is 0.0714. The minimum absolute atomic E-state index is 0.0600. The molecule has 0 saturated heterocycles. The molecule has 1 aliphatic rings. The highest BCUT2D eigenvalue weighted by Gasteiger charge is 2.35. The summed E-state index contributed by atoms with van der Waals surface area (Å²) in [5.41, 5.74) is 8.28. The number of benzene rings is 7. The van der Waals surface area contributed by atoms with Gasteiger partial charge < -0.3 is 0 Å². The maximum absolute atomic E-state index is 5.15. The van der Waals surface area contributed by atoms with Gasteiger partial charge in [0.1, 0.15) is 0 Å². The van der Waals surface area contributed by atoms with Crippen LogP contribution in [0.2, 0.25) is 0 Å². The number of aromatic nitrogens is 3. The van der Waals surface area contributed by atoms with Gasteiger partial charge in [-0.1, -0.05) is 135 Å². The SMILES string of the molecule is CC1(C)c2ccccc2-c2cc3ccc(-c4nc(-c5ccccc5)nc(-c5cccc6c5ccc5ccccc56)n4)cc3cc21. The largest absolute Gasteiger partial charge is 0.208 e. The molecule has 1 aromatic heterocycles. The second kappa shape index (κ2) is 9.67. The van der Waals surface area contributed by atoms with Crippen LogP contribution in [0.1, 0.15) is 25.0 Å². The molecule has 0 saturated carbocycles. The first-order valence-corrected chi connectivity index (χ1v) is 15.5. The van der Waals surface area contributed by atoms with E-state index in [0.717, 1.165) is 22.1 Å². The van der Waals surface area contributed by atoms with Gasteiger partial charge in [-0.25, -0.2) is 15.0 Å². The minimum atomic E-state index is -0.0600. The van der Waals surface area contributed by atoms with Crippen molar-refractivity contribution in [3.8, 4) is 45.3 Å². The predicted octanol–water partition coefficient (Wildman–Crippen LogP) is 10.6. The van der Waals surface area contributed by atoms with E-state index in [1.54, 1.807) is 0 Å². The second-order valence-electron chi connectivity index (χ2n) is 12.5. The molecule has 45 heavy (non-hydrogen) atoms. The summed E-state index contributed by atoms with van der Waals surface area (Å²) in [6.07, 6.45) is 0. The first-order valence-electron chi connectivity index (χ1n) is 15.5. The number of fused-ring (bicyclic) bond motifs is 7. The third kappa shape index (κ3) is 4.01. The smallest absolute Gasteiger partial charge is 0.164 e. The summed E-state index contributed by atoms with van der Waals surface area (Å²) >= 11 is 0. The van der Waals surface area contributed by atoms with Crippen LogP contribution < -0.4 is 0 Å². The molecule has 0 N–H and O–H groups in total. The number of rotatable bonds is 3. The summed E-state index contributed by atoms with van der Waals surface area (Å²) < 4.78 is 0. The molecule has 7 aromatic carbocycles. The summed E-state index contributed by atoms with van der Waals surface area (Å²) in [4.78, 5) is 15.3. The van der Waals surface area contributed by atoms with Gasteiger partial charge in [0, 0.05) is 22.1 Å². The number of hydrogen-bond donors (Lipinski definition) is 0. The average molecular weight is 576 g/mol. The molecule has 0 spiro atoms. The molecule has 8 aromatic rings. The zero-order valence-corrected chi connectivity index (χ0v) is 25.1. The van der Waals surface area contributed by atoms with Crippen LogP contribution in [0.15, 0.2) is 140 Å². The van der Waals surface area contributed by atoms with E-state index in [-0.39, 0.29) is 5.41 Å². The zero-order chi connectivity index (χ0) is 30.1. The Kier molecular flexibility index (Phi) is 5.54. The molecule has 212 valence electrons. The Hall–Kier alpha value is -5.67. The number of nitrogens with zero attached hydrogens (tertiary/aromatic N) is 3. The van der Waals surface area contributed by atoms with Crippen LogP contribution in [0.5, 0.6) is 0 Å². The van der Waals surface area contributed by atoms with Crippen molar-refractivity contribution in [3.05, 3.63) is 151 Å². The van der Waals surface area contributed by atoms with E-state index in [1.165, 1.54) is 49.2 Å². The first-order chi connectivity index (χ1) is 22.0. The second-order valence-corrected chi connectivity index (χ2v) is 12.5. The molecule has 3 nitrogen and oxygen atoms in total. The van der Waals surface area contributed by atoms with Crippen LogP contribution in [-0.4, -0.2) is 15.0 Å². The van der Waals surface area contributed by atoms with Crippen LogP contribution in [0, 0.1) is 0 Å². The zero-order valence-electron chi connectivity index (χ0n) is 25.1. The number of hydrogen-bond acceptors (Lipinski definition) is 3. The van der Waals surface area contributed by atoms with Crippen molar-refractivity contribution in [2.45, 2.75) is 19.3 Å². The highest BCUT2D eigenvalue weighted by atomic mass is 15.0. The van der Waals surface area contributed by atoms with Crippen LogP contribution in [-0.2, 0) is 5.41 Å². The van der Waals surface area contributed by atoms with Crippen molar-refractivity contribution >= 4 is 32.3 Å². The van der Waals surface area contributed by atoms with Gasteiger partial charge in [-0.3, -0.25) is 0 Å². The topological polar surface area (TPSA) is 38.7 Å². The Labute approximate surface area is 261 Å². The molecule has 0 aliphatic heterocycles. The van der Waals surface area contributed by atoms with E-state index in [0.29, 0.717) is 17.5 Å². The van der Waals surface area contributed by atoms with Gasteiger partial charge in [-0.2, -0.15) is 0 Å². The molecule has 0 bridgehead atoms. The predicted molar refractivity (Wildman–Crippen MR) is 186 cm³/mol. The van der Waals surface area contributed by atoms with Crippen LogP contribution in [0.25, 0.3) is 77.6 Å². The van der Waals surface area contributed by atoms with Gasteiger partial charge in [-0.05, 0) is 72.8 Å². The monoisotopic (exact) mass is 575 g/mol. The van der Waals surface area contributed by atoms with Gasteiger partial charge in [0.05, 0.1) is 0 Å². The van der Waals surface area contributed by atoms with E-state index in [4.69, 9.17) is 15.0 Å². The molecule has 9 rings (SSSR count). The maximum Gasteiger partial charge on any atom is 0.164 e. The third-order valence-electron chi connectivity index (χ3n) is 9.49. The third-order valence-corrected chi connectivity index (χ3v) is 9.49. The lowest BCUT2D eigenvalue weighted by Crippen LogP contribution is -2.14. The quantitative estimate of drug-likeness (QED) is 0.197. The van der Waals surface area contributed by atoms with Gasteiger partial charge in [0.25, 0.3) is 0 Å². The Balaban J connectivity index is 1.25. The van der Waals surface area contributed by atoms with Crippen molar-refractivity contribution in [2.75, 3.05) is 0 Å². The molecule has 0 radical (unpaired) electrons. The molecule has 1 heterocycles. The first kappa shape index (κ1) is 25.8. The highest BCUT2D eigenvalue weighted by Crippen LogP contribution is 2.49. The van der Waals surface area contributed by atoms with Gasteiger partial charge in [0.2, 0.25) is 0 Å². The van der Waals surface area contributed by atoms with Crippen LogP contribution in [0.3, 0.4) is 0 Å². The summed E-state index contributed by atoms with van der Waals surface area (Å²) in [6.45, 7) is 4.65. The van der Waals surface area contributed by atoms with Crippen molar-refractivity contribution in [1.29, 1.82) is 0 Å². The van der Waals surface area contributed by atoms with Gasteiger partial charge in [0.15, 0.2) is 17.5 Å². The standard InChI is InChI=1S/C42H29N3/c1-42(2)37-18-9-8-15-34(37)36-24-28-19-20-29(23-30(28)25-38(36)42)40-43-39(27-12-4-3-5-13-27)44-41(45-40)35-17-10-16-32-31-14-7-6-11-26(31)21-22-33(32)35/h3-25H,1-2H3. The lowest BCUT2D eigenvalue weighted by molar-refractivity contribution is 0.661. The molecule has 0 fully saturated rings. The summed E-state index contributed by atoms with van der Waals surface area (Å²) in [5, 5.41) is 7.16. The van der Waals surface area contributed by atoms with Crippen molar-refractivity contribution in [3.63, 3.8) is 0 Å². The van der Waals surface area contributed by atoms with Crippen molar-refractivity contribution in [1.82, 2.24) is 15.0 Å². The Morgan fingerprint density at radius 1 is 0.378 bits per heavy atom. The summed E-state index contributed by atoms with van der Waals surface area (Å²) in [7, 11) is 0. The molecular formula is C42H29N3. The molecule has 1 aliphatic carbocycles. The Morgan fingerprint density at radius 3 is 1.96 bits per heavy atom. The van der Waals surface area contributed by atoms with Gasteiger partial charge >= 0.3 is 0 Å². The Morgan fingerprint density at radius 2 is 1.07 bits per heavy atom. The lowest BCUT2D eigenvalue weighted by Gasteiger charge is -2.21. The lowest BCUT2D eigenvalue weighted by atomic mass is 9.82. The van der Waals surface area contributed by atoms with E-state index in [9.17, 15) is 0 Å². The molecule has 3 heteroatoms. The summed E-state index contributed by atoms with van der Waals surface area (Å²) in [6, 6.07) is 49.6. The van der Waals surface area contributed by atoms with E-state index in [1.807, 2.05) is 18.2 Å². The fourth-order valence-corrected chi connectivity index (χ4v) is 7.16. The van der Waals surface area contributed by atoms with Crippen LogP contribution in [0.4, 0.5) is 0 Å². The fourth-order valence-electron chi connectivity index (χ4n) is 7.16. The van der Waals surface area contributed by atoms with E-state index in [2.05, 4.69) is 135 Å². The Bertz CT molecular complexity index is 2460. The van der Waals surface area contributed by atoms with Crippen LogP contribution >= 0.6 is 0 Å². The van der Waals surface area contributed by atoms with Crippen molar-refractivity contribution in [2.24, 2.45) is 0 Å². The molecule has 0 atom stereocenters. The minimum Gasteiger partial charge on any atom is -0.208 e. The molecule has 0 unspecified atom stereocenters. The van der Waals surface area contributed by atoms with E-state index < -0.39 is 0 Å². The molecule has 0 amide bonds. The van der Waals surface area contributed by atoms with Crippen molar-refractivity contribution < 1.29 is 0 Å². The molecular weight excluding hydrogens is 546 g/mol.